The smallest absolute Gasteiger partial charge is 0.305 e. The second-order valence-electron chi connectivity index (χ2n) is 5.00. The first-order chi connectivity index (χ1) is 12.0. The average Bonchev–Trinajstić information content (AvgIpc) is 2.88. The molecule has 1 fully saturated rings. The Morgan fingerprint density at radius 3 is 2.84 bits per heavy atom. The molecule has 25 heavy (non-hydrogen) atoms. The molecule has 132 valence electrons. The van der Waals surface area contributed by atoms with Gasteiger partial charge >= 0.3 is 5.97 Å². The molecular formula is C15H16N4O5S. The van der Waals surface area contributed by atoms with Gasteiger partial charge in [-0.3, -0.25) is 14.4 Å². The average molecular weight is 364 g/mol. The number of amidine groups is 1. The number of carbonyl (C=O) groups is 3. The highest BCUT2D eigenvalue weighted by Gasteiger charge is 2.32. The van der Waals surface area contributed by atoms with Crippen molar-refractivity contribution in [2.45, 2.75) is 18.1 Å². The van der Waals surface area contributed by atoms with Gasteiger partial charge in [0.2, 0.25) is 11.8 Å². The van der Waals surface area contributed by atoms with Gasteiger partial charge in [0.05, 0.1) is 12.6 Å². The molecule has 1 saturated heterocycles. The first-order valence-corrected chi connectivity index (χ1v) is 8.18. The summed E-state index contributed by atoms with van der Waals surface area (Å²) < 4.78 is 0. The third kappa shape index (κ3) is 5.92. The van der Waals surface area contributed by atoms with Gasteiger partial charge < -0.3 is 20.8 Å². The van der Waals surface area contributed by atoms with Crippen molar-refractivity contribution >= 4 is 40.9 Å². The van der Waals surface area contributed by atoms with Crippen molar-refractivity contribution in [2.75, 3.05) is 6.54 Å². The maximum absolute atomic E-state index is 11.8. The van der Waals surface area contributed by atoms with E-state index >= 15 is 0 Å². The highest BCUT2D eigenvalue weighted by Crippen LogP contribution is 2.22. The largest absolute Gasteiger partial charge is 0.507 e. The molecule has 10 heteroatoms. The molecule has 0 bridgehead atoms. The molecule has 1 aliphatic rings. The molecule has 1 atom stereocenters. The van der Waals surface area contributed by atoms with E-state index in [0.717, 1.165) is 11.8 Å². The fourth-order valence-electron chi connectivity index (χ4n) is 1.88. The number of phenols is 1. The molecule has 2 rings (SSSR count). The number of nitrogens with zero attached hydrogens (tertiary/aromatic N) is 2. The number of aliphatic carboxylic acids is 1. The van der Waals surface area contributed by atoms with Crippen LogP contribution in [0, 0.1) is 0 Å². The molecular weight excluding hydrogens is 348 g/mol. The van der Waals surface area contributed by atoms with Crippen molar-refractivity contribution in [3.05, 3.63) is 29.8 Å². The van der Waals surface area contributed by atoms with Gasteiger partial charge in [-0.1, -0.05) is 23.9 Å². The van der Waals surface area contributed by atoms with E-state index in [9.17, 15) is 19.5 Å². The van der Waals surface area contributed by atoms with Crippen LogP contribution in [-0.2, 0) is 14.4 Å². The summed E-state index contributed by atoms with van der Waals surface area (Å²) in [4.78, 5) is 33.9. The van der Waals surface area contributed by atoms with Crippen LogP contribution in [0.25, 0.3) is 0 Å². The number of thioether (sulfide) groups is 1. The standard InChI is InChI=1S/C15H16N4O5S/c20-10-4-2-1-3-9(10)8-17-19-15-18-14(24)11(25-15)7-12(21)16-6-5-13(22)23/h1-4,8,11,20H,5-7H2,(H,16,21)(H,22,23)(H,18,19,24). The van der Waals surface area contributed by atoms with Crippen LogP contribution in [0.2, 0.25) is 0 Å². The summed E-state index contributed by atoms with van der Waals surface area (Å²) in [5, 5.41) is 30.3. The van der Waals surface area contributed by atoms with Crippen LogP contribution in [-0.4, -0.2) is 51.2 Å². The normalized spacial score (nSPS) is 18.5. The van der Waals surface area contributed by atoms with Crippen LogP contribution >= 0.6 is 11.8 Å². The van der Waals surface area contributed by atoms with Crippen molar-refractivity contribution < 1.29 is 24.6 Å². The van der Waals surface area contributed by atoms with Gasteiger partial charge in [0, 0.05) is 18.5 Å². The van der Waals surface area contributed by atoms with Crippen LogP contribution in [0.3, 0.4) is 0 Å². The van der Waals surface area contributed by atoms with Crippen LogP contribution in [0.15, 0.2) is 34.5 Å². The Bertz CT molecular complexity index is 734. The van der Waals surface area contributed by atoms with Gasteiger partial charge in [0.1, 0.15) is 11.0 Å². The molecule has 0 aliphatic carbocycles. The highest BCUT2D eigenvalue weighted by molar-refractivity contribution is 8.15. The van der Waals surface area contributed by atoms with E-state index < -0.39 is 17.1 Å². The SMILES string of the molecule is O=C(O)CCNC(=O)CC1SC(=NN=Cc2ccccc2O)NC1=O. The number of rotatable bonds is 7. The summed E-state index contributed by atoms with van der Waals surface area (Å²) in [5.74, 6) is -1.72. The maximum Gasteiger partial charge on any atom is 0.305 e. The van der Waals surface area contributed by atoms with Gasteiger partial charge in [-0.15, -0.1) is 5.10 Å². The Morgan fingerprint density at radius 1 is 1.36 bits per heavy atom. The summed E-state index contributed by atoms with van der Waals surface area (Å²) in [7, 11) is 0. The minimum atomic E-state index is -1.01. The predicted molar refractivity (Wildman–Crippen MR) is 92.5 cm³/mol. The lowest BCUT2D eigenvalue weighted by atomic mass is 10.2. The van der Waals surface area contributed by atoms with Crippen molar-refractivity contribution in [1.82, 2.24) is 10.6 Å². The van der Waals surface area contributed by atoms with Gasteiger partial charge in [-0.25, -0.2) is 0 Å². The van der Waals surface area contributed by atoms with Gasteiger partial charge in [0.15, 0.2) is 5.17 Å². The van der Waals surface area contributed by atoms with Crippen molar-refractivity contribution in [3.8, 4) is 5.75 Å². The van der Waals surface area contributed by atoms with Crippen molar-refractivity contribution in [1.29, 1.82) is 0 Å². The number of benzene rings is 1. The quantitative estimate of drug-likeness (QED) is 0.405. The molecule has 9 nitrogen and oxygen atoms in total. The zero-order valence-electron chi connectivity index (χ0n) is 13.0. The molecule has 2 amide bonds. The molecule has 0 spiro atoms. The van der Waals surface area contributed by atoms with Crippen LogP contribution in [0.5, 0.6) is 5.75 Å². The number of para-hydroxylation sites is 1. The number of phenolic OH excluding ortho intramolecular Hbond substituents is 1. The number of hydrogen-bond acceptors (Lipinski definition) is 7. The maximum atomic E-state index is 11.8. The van der Waals surface area contributed by atoms with E-state index in [2.05, 4.69) is 20.8 Å². The summed E-state index contributed by atoms with van der Waals surface area (Å²) in [6.45, 7) is 0.0129. The lowest BCUT2D eigenvalue weighted by Crippen LogP contribution is -2.32. The number of carboxylic acids is 1. The highest BCUT2D eigenvalue weighted by atomic mass is 32.2. The number of aromatic hydroxyl groups is 1. The molecule has 1 unspecified atom stereocenters. The lowest BCUT2D eigenvalue weighted by Gasteiger charge is -2.05. The molecule has 0 aromatic heterocycles. The third-order valence-corrected chi connectivity index (χ3v) is 4.16. The Kier molecular flexibility index (Phi) is 6.52. The van der Waals surface area contributed by atoms with Gasteiger partial charge in [-0.2, -0.15) is 5.10 Å². The van der Waals surface area contributed by atoms with Crippen LogP contribution in [0.1, 0.15) is 18.4 Å². The second kappa shape index (κ2) is 8.83. The zero-order valence-corrected chi connectivity index (χ0v) is 13.8. The van der Waals surface area contributed by atoms with E-state index in [1.54, 1.807) is 18.2 Å². The minimum Gasteiger partial charge on any atom is -0.507 e. The summed E-state index contributed by atoms with van der Waals surface area (Å²) >= 11 is 1.06. The van der Waals surface area contributed by atoms with E-state index in [4.69, 9.17) is 5.11 Å². The fraction of sp³-hybridized carbons (Fsp3) is 0.267. The minimum absolute atomic E-state index is 0.0129. The van der Waals surface area contributed by atoms with Crippen LogP contribution < -0.4 is 10.6 Å². The molecule has 0 radical (unpaired) electrons. The van der Waals surface area contributed by atoms with Crippen molar-refractivity contribution in [3.63, 3.8) is 0 Å². The molecule has 1 aliphatic heterocycles. The fourth-order valence-corrected chi connectivity index (χ4v) is 2.80. The van der Waals surface area contributed by atoms with E-state index in [-0.39, 0.29) is 36.2 Å². The Morgan fingerprint density at radius 2 is 2.12 bits per heavy atom. The van der Waals surface area contributed by atoms with E-state index in [0.29, 0.717) is 5.56 Å². The topological polar surface area (TPSA) is 140 Å². The molecule has 1 aromatic carbocycles. The number of amides is 2. The third-order valence-electron chi connectivity index (χ3n) is 3.09. The Labute approximate surface area is 147 Å². The Balaban J connectivity index is 1.86. The zero-order chi connectivity index (χ0) is 18.2. The summed E-state index contributed by atoms with van der Waals surface area (Å²) in [6.07, 6.45) is 1.09. The van der Waals surface area contributed by atoms with Gasteiger partial charge in [-0.05, 0) is 12.1 Å². The number of carboxylic acid groups (broad SMARTS) is 1. The number of nitrogens with one attached hydrogen (secondary N) is 2. The van der Waals surface area contributed by atoms with Crippen LogP contribution in [0.4, 0.5) is 0 Å². The number of hydrogen-bond donors (Lipinski definition) is 4. The molecule has 4 N–H and O–H groups in total. The molecule has 0 saturated carbocycles. The first kappa shape index (κ1) is 18.5. The Hall–Kier alpha value is -2.88. The molecule has 1 heterocycles. The number of carbonyl (C=O) groups excluding carboxylic acids is 2. The molecule has 1 aromatic rings. The van der Waals surface area contributed by atoms with Crippen molar-refractivity contribution in [2.24, 2.45) is 10.2 Å². The predicted octanol–water partition coefficient (Wildman–Crippen LogP) is 0.295. The van der Waals surface area contributed by atoms with Gasteiger partial charge in [0.25, 0.3) is 0 Å². The first-order valence-electron chi connectivity index (χ1n) is 7.30. The second-order valence-corrected chi connectivity index (χ2v) is 6.19. The van der Waals surface area contributed by atoms with E-state index in [1.165, 1.54) is 12.3 Å². The lowest BCUT2D eigenvalue weighted by molar-refractivity contribution is -0.137. The summed E-state index contributed by atoms with van der Waals surface area (Å²) in [5.41, 5.74) is 0.482. The summed E-state index contributed by atoms with van der Waals surface area (Å²) in [6, 6.07) is 6.58. The van der Waals surface area contributed by atoms with E-state index in [1.807, 2.05) is 0 Å². The monoisotopic (exact) mass is 364 g/mol.